The number of allylic oxidation sites excluding steroid dienone is 5. The third kappa shape index (κ3) is 4.45. The largest absolute Gasteiger partial charge is 0.375 e. The van der Waals surface area contributed by atoms with Crippen LogP contribution in [0, 0.1) is 5.41 Å². The summed E-state index contributed by atoms with van der Waals surface area (Å²) in [6, 6.07) is 0. The molecule has 1 rings (SSSR count). The molecule has 0 aliphatic carbocycles. The van der Waals surface area contributed by atoms with E-state index in [0.717, 1.165) is 13.8 Å². The smallest absolute Gasteiger partial charge is 0.166 e. The van der Waals surface area contributed by atoms with Crippen molar-refractivity contribution >= 4 is 7.28 Å². The first kappa shape index (κ1) is 15.9. The summed E-state index contributed by atoms with van der Waals surface area (Å²) in [7, 11) is 3.24. The molecule has 1 heterocycles. The van der Waals surface area contributed by atoms with Gasteiger partial charge in [-0.05, 0) is 17.9 Å². The third-order valence-corrected chi connectivity index (χ3v) is 3.66. The lowest BCUT2D eigenvalue weighted by molar-refractivity contribution is 0.211. The van der Waals surface area contributed by atoms with E-state index in [9.17, 15) is 0 Å². The molecular weight excluding hydrogens is 229 g/mol. The van der Waals surface area contributed by atoms with Crippen molar-refractivity contribution < 1.29 is 0 Å². The van der Waals surface area contributed by atoms with E-state index in [1.54, 1.807) is 0 Å². The van der Waals surface area contributed by atoms with Crippen LogP contribution in [-0.2, 0) is 0 Å². The van der Waals surface area contributed by atoms with Crippen LogP contribution in [0.5, 0.6) is 0 Å². The normalized spacial score (nSPS) is 26.5. The Bertz CT molecular complexity index is 413. The zero-order valence-corrected chi connectivity index (χ0v) is 13.3. The van der Waals surface area contributed by atoms with E-state index in [-0.39, 0.29) is 0 Å². The SMILES string of the molecule is C=C/C=C\C1=C(/C=C)N(C)CC(C)(C)CC(C)(C)B1. The molecule has 2 heteroatoms. The average molecular weight is 257 g/mol. The molecule has 0 unspecified atom stereocenters. The molecule has 1 nitrogen and oxygen atoms in total. The summed E-state index contributed by atoms with van der Waals surface area (Å²) in [5.74, 6) is 0. The number of rotatable bonds is 3. The van der Waals surface area contributed by atoms with Crippen molar-refractivity contribution in [3.63, 3.8) is 0 Å². The Labute approximate surface area is 120 Å². The Morgan fingerprint density at radius 3 is 2.37 bits per heavy atom. The highest BCUT2D eigenvalue weighted by atomic mass is 15.1. The molecule has 0 atom stereocenters. The van der Waals surface area contributed by atoms with Crippen molar-refractivity contribution in [2.45, 2.75) is 39.4 Å². The molecule has 0 bridgehead atoms. The molecule has 1 aliphatic heterocycles. The summed E-state index contributed by atoms with van der Waals surface area (Å²) >= 11 is 0. The molecule has 0 aromatic carbocycles. The number of hydrogen-bond donors (Lipinski definition) is 0. The first-order valence-corrected chi connectivity index (χ1v) is 7.07. The standard InChI is InChI=1S/C17H28BN/c1-8-10-11-14-15(9-2)19(7)13-16(3,4)12-17(5,6)18-14/h8-11,18H,1-2,12-13H2,3-7H3/b11-10-,15-14-. The molecule has 0 radical (unpaired) electrons. The molecule has 19 heavy (non-hydrogen) atoms. The fraction of sp³-hybridized carbons (Fsp3) is 0.529. The number of hydrogen-bond acceptors (Lipinski definition) is 1. The first-order chi connectivity index (χ1) is 8.71. The van der Waals surface area contributed by atoms with Gasteiger partial charge in [-0.1, -0.05) is 69.9 Å². The van der Waals surface area contributed by atoms with Crippen LogP contribution in [0.2, 0.25) is 5.31 Å². The summed E-state index contributed by atoms with van der Waals surface area (Å²) in [4.78, 5) is 2.34. The Morgan fingerprint density at radius 1 is 1.21 bits per heavy atom. The van der Waals surface area contributed by atoms with Crippen LogP contribution in [0.3, 0.4) is 0 Å². The number of likely N-dealkylation sites (N-methyl/N-ethyl adjacent to an activating group) is 1. The monoisotopic (exact) mass is 257 g/mol. The highest BCUT2D eigenvalue weighted by Gasteiger charge is 2.34. The maximum Gasteiger partial charge on any atom is 0.166 e. The predicted octanol–water partition coefficient (Wildman–Crippen LogP) is 4.12. The third-order valence-electron chi connectivity index (χ3n) is 3.66. The van der Waals surface area contributed by atoms with Gasteiger partial charge in [0, 0.05) is 19.3 Å². The second-order valence-corrected chi connectivity index (χ2v) is 7.25. The molecule has 0 fully saturated rings. The van der Waals surface area contributed by atoms with Gasteiger partial charge in [0.15, 0.2) is 7.28 Å². The summed E-state index contributed by atoms with van der Waals surface area (Å²) in [6.07, 6.45) is 9.25. The van der Waals surface area contributed by atoms with Crippen molar-refractivity contribution in [1.29, 1.82) is 0 Å². The molecule has 0 aromatic rings. The van der Waals surface area contributed by atoms with Gasteiger partial charge in [-0.3, -0.25) is 0 Å². The van der Waals surface area contributed by atoms with Gasteiger partial charge in [-0.15, -0.1) is 0 Å². The van der Waals surface area contributed by atoms with Crippen LogP contribution >= 0.6 is 0 Å². The number of nitrogens with zero attached hydrogens (tertiary/aromatic N) is 1. The molecular formula is C17H28BN. The van der Waals surface area contributed by atoms with Crippen molar-refractivity contribution in [3.05, 3.63) is 48.6 Å². The van der Waals surface area contributed by atoms with Crippen LogP contribution in [0.15, 0.2) is 48.6 Å². The summed E-state index contributed by atoms with van der Waals surface area (Å²) in [5.41, 5.74) is 2.93. The van der Waals surface area contributed by atoms with Gasteiger partial charge in [0.05, 0.1) is 0 Å². The zero-order chi connectivity index (χ0) is 14.7. The van der Waals surface area contributed by atoms with Crippen molar-refractivity contribution in [1.82, 2.24) is 4.90 Å². The predicted molar refractivity (Wildman–Crippen MR) is 88.8 cm³/mol. The van der Waals surface area contributed by atoms with E-state index in [4.69, 9.17) is 0 Å². The Morgan fingerprint density at radius 2 is 1.84 bits per heavy atom. The molecule has 0 spiro atoms. The second-order valence-electron chi connectivity index (χ2n) is 7.25. The Kier molecular flexibility index (Phi) is 4.89. The van der Waals surface area contributed by atoms with E-state index < -0.39 is 0 Å². The minimum atomic E-state index is 0.305. The van der Waals surface area contributed by atoms with Crippen LogP contribution in [0.25, 0.3) is 0 Å². The van der Waals surface area contributed by atoms with Crippen LogP contribution in [0.4, 0.5) is 0 Å². The fourth-order valence-electron chi connectivity index (χ4n) is 3.61. The maximum atomic E-state index is 4.00. The van der Waals surface area contributed by atoms with Gasteiger partial charge in [-0.2, -0.15) is 0 Å². The Hall–Kier alpha value is -1.18. The lowest BCUT2D eigenvalue weighted by Crippen LogP contribution is -2.37. The summed E-state index contributed by atoms with van der Waals surface area (Å²) < 4.78 is 0. The maximum absolute atomic E-state index is 4.00. The second kappa shape index (κ2) is 5.86. The summed E-state index contributed by atoms with van der Waals surface area (Å²) in [5, 5.41) is 0.305. The topological polar surface area (TPSA) is 3.24 Å². The van der Waals surface area contributed by atoms with Crippen LogP contribution in [-0.4, -0.2) is 25.8 Å². The quantitative estimate of drug-likeness (QED) is 0.543. The lowest BCUT2D eigenvalue weighted by atomic mass is 9.45. The molecule has 104 valence electrons. The summed E-state index contributed by atoms with van der Waals surface area (Å²) in [6.45, 7) is 18.3. The zero-order valence-electron chi connectivity index (χ0n) is 13.3. The highest BCUT2D eigenvalue weighted by molar-refractivity contribution is 6.50. The van der Waals surface area contributed by atoms with Crippen molar-refractivity contribution in [2.75, 3.05) is 13.6 Å². The average Bonchev–Trinajstić information content (AvgIpc) is 2.22. The first-order valence-electron chi connectivity index (χ1n) is 7.07. The molecule has 0 saturated heterocycles. The molecule has 0 amide bonds. The van der Waals surface area contributed by atoms with Gasteiger partial charge in [-0.25, -0.2) is 0 Å². The Balaban J connectivity index is 3.27. The van der Waals surface area contributed by atoms with Crippen molar-refractivity contribution in [3.8, 4) is 0 Å². The van der Waals surface area contributed by atoms with Gasteiger partial charge >= 0.3 is 0 Å². The minimum Gasteiger partial charge on any atom is -0.375 e. The van der Waals surface area contributed by atoms with E-state index in [1.807, 2.05) is 18.2 Å². The molecule has 0 aromatic heterocycles. The lowest BCUT2D eigenvalue weighted by Gasteiger charge is -2.41. The van der Waals surface area contributed by atoms with E-state index >= 15 is 0 Å². The molecule has 0 N–H and O–H groups in total. The van der Waals surface area contributed by atoms with Crippen LogP contribution < -0.4 is 0 Å². The molecule has 1 aliphatic rings. The molecule has 0 saturated carbocycles. The van der Waals surface area contributed by atoms with Gasteiger partial charge in [0.2, 0.25) is 0 Å². The van der Waals surface area contributed by atoms with Gasteiger partial charge in [0.1, 0.15) is 0 Å². The van der Waals surface area contributed by atoms with Gasteiger partial charge in [0.25, 0.3) is 0 Å². The van der Waals surface area contributed by atoms with Gasteiger partial charge < -0.3 is 4.90 Å². The highest BCUT2D eigenvalue weighted by Crippen LogP contribution is 2.42. The van der Waals surface area contributed by atoms with E-state index in [2.05, 4.69) is 58.9 Å². The van der Waals surface area contributed by atoms with Crippen molar-refractivity contribution in [2.24, 2.45) is 5.41 Å². The van der Waals surface area contributed by atoms with E-state index in [1.165, 1.54) is 17.6 Å². The van der Waals surface area contributed by atoms with Crippen LogP contribution in [0.1, 0.15) is 34.1 Å². The fourth-order valence-corrected chi connectivity index (χ4v) is 3.61. The van der Waals surface area contributed by atoms with E-state index in [0.29, 0.717) is 10.7 Å². The minimum absolute atomic E-state index is 0.305.